The molecule has 0 fully saturated rings. The summed E-state index contributed by atoms with van der Waals surface area (Å²) in [6.07, 6.45) is 4.47. The monoisotopic (exact) mass is 177 g/mol. The minimum atomic E-state index is 0.738. The van der Waals surface area contributed by atoms with E-state index in [0.29, 0.717) is 0 Å². The van der Waals surface area contributed by atoms with E-state index in [2.05, 4.69) is 25.5 Å². The van der Waals surface area contributed by atoms with E-state index >= 15 is 0 Å². The van der Waals surface area contributed by atoms with E-state index in [1.54, 1.807) is 0 Å². The number of unbranched alkanes of at least 4 members (excludes halogenated alkanes) is 1. The van der Waals surface area contributed by atoms with Gasteiger partial charge in [-0.1, -0.05) is 19.1 Å². The molecule has 0 saturated carbocycles. The van der Waals surface area contributed by atoms with Gasteiger partial charge in [0, 0.05) is 0 Å². The van der Waals surface area contributed by atoms with Crippen molar-refractivity contribution in [3.05, 3.63) is 36.2 Å². The first-order chi connectivity index (χ1) is 6.36. The van der Waals surface area contributed by atoms with E-state index in [0.717, 1.165) is 25.2 Å². The van der Waals surface area contributed by atoms with Crippen molar-refractivity contribution in [1.82, 2.24) is 0 Å². The van der Waals surface area contributed by atoms with Crippen molar-refractivity contribution in [2.45, 2.75) is 26.7 Å². The van der Waals surface area contributed by atoms with Crippen LogP contribution in [0.2, 0.25) is 0 Å². The van der Waals surface area contributed by atoms with Crippen molar-refractivity contribution in [3.63, 3.8) is 0 Å². The van der Waals surface area contributed by atoms with Crippen LogP contribution in [0.1, 0.15) is 25.8 Å². The van der Waals surface area contributed by atoms with Gasteiger partial charge in [0.05, 0.1) is 6.61 Å². The van der Waals surface area contributed by atoms with Crippen LogP contribution in [0.15, 0.2) is 24.3 Å². The largest absolute Gasteiger partial charge is 0.494 e. The highest BCUT2D eigenvalue weighted by molar-refractivity contribution is 5.27. The van der Waals surface area contributed by atoms with Crippen LogP contribution < -0.4 is 4.74 Å². The molecule has 0 bridgehead atoms. The second-order valence-electron chi connectivity index (χ2n) is 3.02. The molecule has 1 heteroatoms. The Bertz CT molecular complexity index is 225. The third-order valence-corrected chi connectivity index (χ3v) is 1.96. The fraction of sp³-hybridized carbons (Fsp3) is 0.417. The first kappa shape index (κ1) is 10.1. The second-order valence-corrected chi connectivity index (χ2v) is 3.02. The Morgan fingerprint density at radius 3 is 2.46 bits per heavy atom. The van der Waals surface area contributed by atoms with Crippen molar-refractivity contribution in [2.24, 2.45) is 0 Å². The van der Waals surface area contributed by atoms with Gasteiger partial charge in [-0.3, -0.25) is 0 Å². The summed E-state index contributed by atoms with van der Waals surface area (Å²) in [5, 5.41) is 0. The molecule has 1 nitrogen and oxygen atoms in total. The van der Waals surface area contributed by atoms with Crippen molar-refractivity contribution in [3.8, 4) is 5.75 Å². The molecule has 0 unspecified atom stereocenters. The number of rotatable bonds is 5. The molecule has 0 aliphatic carbocycles. The smallest absolute Gasteiger partial charge is 0.119 e. The number of ether oxygens (including phenoxy) is 1. The second kappa shape index (κ2) is 5.63. The highest BCUT2D eigenvalue weighted by Gasteiger charge is 1.93. The predicted octanol–water partition coefficient (Wildman–Crippen LogP) is 3.24. The zero-order valence-electron chi connectivity index (χ0n) is 8.42. The Labute approximate surface area is 80.7 Å². The molecule has 0 N–H and O–H groups in total. The van der Waals surface area contributed by atoms with E-state index in [1.165, 1.54) is 5.56 Å². The van der Waals surface area contributed by atoms with Crippen LogP contribution in [-0.4, -0.2) is 6.61 Å². The molecule has 1 rings (SSSR count). The molecular weight excluding hydrogens is 160 g/mol. The minimum Gasteiger partial charge on any atom is -0.494 e. The maximum absolute atomic E-state index is 5.36. The van der Waals surface area contributed by atoms with Gasteiger partial charge in [-0.25, -0.2) is 0 Å². The van der Waals surface area contributed by atoms with Crippen molar-refractivity contribution < 1.29 is 4.74 Å². The van der Waals surface area contributed by atoms with Gasteiger partial charge in [-0.15, -0.1) is 0 Å². The van der Waals surface area contributed by atoms with Gasteiger partial charge < -0.3 is 4.74 Å². The zero-order chi connectivity index (χ0) is 9.52. The van der Waals surface area contributed by atoms with Crippen LogP contribution in [0, 0.1) is 6.42 Å². The van der Waals surface area contributed by atoms with E-state index in [-0.39, 0.29) is 0 Å². The predicted molar refractivity (Wildman–Crippen MR) is 55.9 cm³/mol. The molecule has 0 heterocycles. The maximum atomic E-state index is 5.36. The van der Waals surface area contributed by atoms with Crippen LogP contribution in [0.25, 0.3) is 0 Å². The Morgan fingerprint density at radius 1 is 1.23 bits per heavy atom. The molecule has 0 aliphatic heterocycles. The van der Waals surface area contributed by atoms with Gasteiger partial charge >= 0.3 is 0 Å². The SMILES string of the molecule is C[CH]CCc1ccc(OCC)cc1. The summed E-state index contributed by atoms with van der Waals surface area (Å²) < 4.78 is 5.36. The highest BCUT2D eigenvalue weighted by atomic mass is 16.5. The van der Waals surface area contributed by atoms with Gasteiger partial charge in [-0.05, 0) is 43.9 Å². The Balaban J connectivity index is 2.48. The quantitative estimate of drug-likeness (QED) is 0.671. The molecular formula is C12H17O. The summed E-state index contributed by atoms with van der Waals surface area (Å²) in [5.74, 6) is 0.965. The molecule has 0 saturated heterocycles. The topological polar surface area (TPSA) is 9.23 Å². The lowest BCUT2D eigenvalue weighted by Gasteiger charge is -2.04. The standard InChI is InChI=1S/C12H17O/c1-3-5-6-11-7-9-12(10-8-11)13-4-2/h3,7-10H,4-6H2,1-2H3. The first-order valence-electron chi connectivity index (χ1n) is 4.86. The van der Waals surface area contributed by atoms with Crippen LogP contribution in [0.3, 0.4) is 0 Å². The van der Waals surface area contributed by atoms with E-state index < -0.39 is 0 Å². The Hall–Kier alpha value is -0.980. The van der Waals surface area contributed by atoms with Gasteiger partial charge in [-0.2, -0.15) is 0 Å². The summed E-state index contributed by atoms with van der Waals surface area (Å²) >= 11 is 0. The number of aryl methyl sites for hydroxylation is 1. The van der Waals surface area contributed by atoms with Crippen molar-refractivity contribution >= 4 is 0 Å². The fourth-order valence-electron chi connectivity index (χ4n) is 1.23. The van der Waals surface area contributed by atoms with Crippen molar-refractivity contribution in [2.75, 3.05) is 6.61 Å². The lowest BCUT2D eigenvalue weighted by molar-refractivity contribution is 0.340. The molecule has 71 valence electrons. The molecule has 1 radical (unpaired) electrons. The molecule has 0 atom stereocenters. The van der Waals surface area contributed by atoms with E-state index in [9.17, 15) is 0 Å². The number of hydrogen-bond acceptors (Lipinski definition) is 1. The third kappa shape index (κ3) is 3.49. The van der Waals surface area contributed by atoms with Gasteiger partial charge in [0.1, 0.15) is 5.75 Å². The molecule has 0 amide bonds. The summed E-state index contributed by atoms with van der Waals surface area (Å²) in [4.78, 5) is 0. The van der Waals surface area contributed by atoms with Crippen LogP contribution in [0.5, 0.6) is 5.75 Å². The van der Waals surface area contributed by atoms with Crippen LogP contribution in [0.4, 0.5) is 0 Å². The van der Waals surface area contributed by atoms with Crippen molar-refractivity contribution in [1.29, 1.82) is 0 Å². The molecule has 13 heavy (non-hydrogen) atoms. The number of benzene rings is 1. The average molecular weight is 177 g/mol. The Kier molecular flexibility index (Phi) is 4.37. The van der Waals surface area contributed by atoms with Crippen LogP contribution >= 0.6 is 0 Å². The molecule has 1 aromatic carbocycles. The maximum Gasteiger partial charge on any atom is 0.119 e. The third-order valence-electron chi connectivity index (χ3n) is 1.96. The summed E-state index contributed by atoms with van der Waals surface area (Å²) in [6.45, 7) is 4.83. The highest BCUT2D eigenvalue weighted by Crippen LogP contribution is 2.13. The Morgan fingerprint density at radius 2 is 1.92 bits per heavy atom. The lowest BCUT2D eigenvalue weighted by Crippen LogP contribution is -1.91. The first-order valence-corrected chi connectivity index (χ1v) is 4.86. The summed E-state index contributed by atoms with van der Waals surface area (Å²) in [7, 11) is 0. The summed E-state index contributed by atoms with van der Waals surface area (Å²) in [6, 6.07) is 8.34. The number of hydrogen-bond donors (Lipinski definition) is 0. The van der Waals surface area contributed by atoms with E-state index in [1.807, 2.05) is 19.1 Å². The minimum absolute atomic E-state index is 0.738. The lowest BCUT2D eigenvalue weighted by atomic mass is 10.1. The molecule has 0 aromatic heterocycles. The normalized spacial score (nSPS) is 10.0. The molecule has 1 aromatic rings. The van der Waals surface area contributed by atoms with E-state index in [4.69, 9.17) is 4.74 Å². The van der Waals surface area contributed by atoms with Gasteiger partial charge in [0.25, 0.3) is 0 Å². The summed E-state index contributed by atoms with van der Waals surface area (Å²) in [5.41, 5.74) is 1.38. The zero-order valence-corrected chi connectivity index (χ0v) is 8.42. The van der Waals surface area contributed by atoms with Gasteiger partial charge in [0.15, 0.2) is 0 Å². The fourth-order valence-corrected chi connectivity index (χ4v) is 1.23. The average Bonchev–Trinajstić information content (AvgIpc) is 2.17. The molecule has 0 aliphatic rings. The molecule has 0 spiro atoms. The van der Waals surface area contributed by atoms with Gasteiger partial charge in [0.2, 0.25) is 0 Å². The van der Waals surface area contributed by atoms with Crippen LogP contribution in [-0.2, 0) is 6.42 Å².